The summed E-state index contributed by atoms with van der Waals surface area (Å²) in [5.74, 6) is -1.24. The van der Waals surface area contributed by atoms with Crippen molar-refractivity contribution in [3.05, 3.63) is 78.0 Å². The largest absolute Gasteiger partial charge is 0.452 e. The molecule has 0 unspecified atom stereocenters. The number of esters is 1. The van der Waals surface area contributed by atoms with Gasteiger partial charge in [0.25, 0.3) is 5.91 Å². The minimum absolute atomic E-state index is 0.0751. The van der Waals surface area contributed by atoms with Crippen molar-refractivity contribution in [2.24, 2.45) is 5.14 Å². The van der Waals surface area contributed by atoms with Gasteiger partial charge < -0.3 is 10.1 Å². The molecule has 0 aliphatic carbocycles. The number of carbonyl (C=O) groups is 2. The van der Waals surface area contributed by atoms with Gasteiger partial charge in [-0.3, -0.25) is 9.78 Å². The number of rotatable bonds is 6. The van der Waals surface area contributed by atoms with E-state index in [1.807, 2.05) is 30.3 Å². The number of hydrogen-bond acceptors (Lipinski definition) is 6. The van der Waals surface area contributed by atoms with E-state index in [-0.39, 0.29) is 10.5 Å². The second-order valence-electron chi connectivity index (χ2n) is 6.39. The van der Waals surface area contributed by atoms with Crippen LogP contribution in [0.4, 0.5) is 5.69 Å². The van der Waals surface area contributed by atoms with E-state index in [4.69, 9.17) is 9.88 Å². The quantitative estimate of drug-likeness (QED) is 0.584. The Labute approximate surface area is 173 Å². The fourth-order valence-electron chi connectivity index (χ4n) is 2.68. The maximum atomic E-state index is 12.3. The highest BCUT2D eigenvalue weighted by Crippen LogP contribution is 2.19. The Morgan fingerprint density at radius 3 is 2.27 bits per heavy atom. The zero-order valence-electron chi connectivity index (χ0n) is 16.0. The number of primary sulfonamides is 1. The second kappa shape index (κ2) is 8.85. The lowest BCUT2D eigenvalue weighted by atomic mass is 10.1. The number of pyridine rings is 1. The molecule has 0 saturated heterocycles. The molecule has 0 saturated carbocycles. The summed E-state index contributed by atoms with van der Waals surface area (Å²) in [5, 5.41) is 7.53. The number of anilines is 1. The number of sulfonamides is 1. The van der Waals surface area contributed by atoms with Crippen molar-refractivity contribution in [1.29, 1.82) is 0 Å². The van der Waals surface area contributed by atoms with Gasteiger partial charge in [-0.2, -0.15) is 0 Å². The molecule has 0 bridgehead atoms. The predicted molar refractivity (Wildman–Crippen MR) is 111 cm³/mol. The third-order valence-corrected chi connectivity index (χ3v) is 5.11. The van der Waals surface area contributed by atoms with Crippen LogP contribution < -0.4 is 10.5 Å². The predicted octanol–water partition coefficient (Wildman–Crippen LogP) is 2.50. The molecule has 0 fully saturated rings. The third-order valence-electron chi connectivity index (χ3n) is 4.18. The molecular weight excluding hydrogens is 406 g/mol. The number of nitrogens with two attached hydrogens (primary N) is 1. The summed E-state index contributed by atoms with van der Waals surface area (Å²) in [4.78, 5) is 28.7. The smallest absolute Gasteiger partial charge is 0.340 e. The molecule has 1 amide bonds. The summed E-state index contributed by atoms with van der Waals surface area (Å²) in [5.41, 5.74) is 2.74. The summed E-state index contributed by atoms with van der Waals surface area (Å²) in [6.45, 7) is 1.19. The van der Waals surface area contributed by atoms with Crippen LogP contribution in [0.3, 0.4) is 0 Å². The summed E-state index contributed by atoms with van der Waals surface area (Å²) in [7, 11) is -3.81. The first-order valence-corrected chi connectivity index (χ1v) is 10.4. The number of aromatic nitrogens is 1. The molecule has 3 N–H and O–H groups in total. The Morgan fingerprint density at radius 2 is 1.67 bits per heavy atom. The van der Waals surface area contributed by atoms with Gasteiger partial charge >= 0.3 is 5.97 Å². The molecule has 0 aliphatic heterocycles. The van der Waals surface area contributed by atoms with Gasteiger partial charge in [-0.25, -0.2) is 18.4 Å². The van der Waals surface area contributed by atoms with E-state index in [2.05, 4.69) is 10.3 Å². The lowest BCUT2D eigenvalue weighted by Crippen LogP contribution is -2.21. The molecule has 3 rings (SSSR count). The van der Waals surface area contributed by atoms with Crippen molar-refractivity contribution in [1.82, 2.24) is 4.98 Å². The molecule has 1 aromatic heterocycles. The van der Waals surface area contributed by atoms with Crippen LogP contribution in [0, 0.1) is 6.92 Å². The second-order valence-corrected chi connectivity index (χ2v) is 7.95. The minimum atomic E-state index is -3.81. The van der Waals surface area contributed by atoms with E-state index >= 15 is 0 Å². The molecule has 30 heavy (non-hydrogen) atoms. The monoisotopic (exact) mass is 425 g/mol. The van der Waals surface area contributed by atoms with Crippen LogP contribution in [-0.4, -0.2) is 31.9 Å². The molecule has 2 aromatic carbocycles. The van der Waals surface area contributed by atoms with E-state index in [0.29, 0.717) is 11.4 Å². The fourth-order valence-corrected chi connectivity index (χ4v) is 3.20. The van der Waals surface area contributed by atoms with Gasteiger partial charge in [-0.1, -0.05) is 30.3 Å². The lowest BCUT2D eigenvalue weighted by molar-refractivity contribution is -0.119. The Kier molecular flexibility index (Phi) is 6.24. The number of nitrogens with zero attached hydrogens (tertiary/aromatic N) is 1. The zero-order valence-corrected chi connectivity index (χ0v) is 16.8. The summed E-state index contributed by atoms with van der Waals surface area (Å²) < 4.78 is 27.5. The molecule has 8 nitrogen and oxygen atoms in total. The minimum Gasteiger partial charge on any atom is -0.452 e. The van der Waals surface area contributed by atoms with Crippen LogP contribution in [0.15, 0.2) is 71.6 Å². The van der Waals surface area contributed by atoms with Gasteiger partial charge in [0.05, 0.1) is 21.8 Å². The van der Waals surface area contributed by atoms with Crippen molar-refractivity contribution in [3.63, 3.8) is 0 Å². The van der Waals surface area contributed by atoms with Gasteiger partial charge in [-0.05, 0) is 43.3 Å². The van der Waals surface area contributed by atoms with Gasteiger partial charge in [-0.15, -0.1) is 0 Å². The molecule has 9 heteroatoms. The van der Waals surface area contributed by atoms with Crippen LogP contribution >= 0.6 is 0 Å². The van der Waals surface area contributed by atoms with E-state index < -0.39 is 28.5 Å². The lowest BCUT2D eigenvalue weighted by Gasteiger charge is -2.09. The fraction of sp³-hybridized carbons (Fsp3) is 0.0952. The van der Waals surface area contributed by atoms with Crippen LogP contribution in [0.1, 0.15) is 16.1 Å². The van der Waals surface area contributed by atoms with E-state index in [1.54, 1.807) is 19.1 Å². The van der Waals surface area contributed by atoms with Crippen molar-refractivity contribution < 1.29 is 22.7 Å². The first-order chi connectivity index (χ1) is 14.2. The number of nitrogens with one attached hydrogen (secondary N) is 1. The van der Waals surface area contributed by atoms with Crippen LogP contribution in [0.2, 0.25) is 0 Å². The Morgan fingerprint density at radius 1 is 1.00 bits per heavy atom. The Hall–Kier alpha value is -3.56. The standard InChI is InChI=1S/C21H19N3O5S/c1-14-18(11-12-19(23-14)15-5-3-2-4-6-15)21(26)29-13-20(25)24-16-7-9-17(10-8-16)30(22,27)28/h2-12H,13H2,1H3,(H,24,25)(H2,22,27,28). The Balaban J connectivity index is 1.59. The van der Waals surface area contributed by atoms with E-state index in [0.717, 1.165) is 11.3 Å². The highest BCUT2D eigenvalue weighted by atomic mass is 32.2. The van der Waals surface area contributed by atoms with Crippen molar-refractivity contribution in [3.8, 4) is 11.3 Å². The van der Waals surface area contributed by atoms with Gasteiger partial charge in [0.1, 0.15) is 0 Å². The number of benzene rings is 2. The van der Waals surface area contributed by atoms with Gasteiger partial charge in [0, 0.05) is 11.3 Å². The first kappa shape index (κ1) is 21.2. The number of hydrogen-bond donors (Lipinski definition) is 2. The van der Waals surface area contributed by atoms with Crippen molar-refractivity contribution >= 4 is 27.6 Å². The van der Waals surface area contributed by atoms with E-state index in [9.17, 15) is 18.0 Å². The third kappa shape index (κ3) is 5.28. The van der Waals surface area contributed by atoms with Crippen molar-refractivity contribution in [2.45, 2.75) is 11.8 Å². The molecule has 1 heterocycles. The van der Waals surface area contributed by atoms with Crippen LogP contribution in [0.25, 0.3) is 11.3 Å². The summed E-state index contributed by atoms with van der Waals surface area (Å²) >= 11 is 0. The van der Waals surface area contributed by atoms with E-state index in [1.165, 1.54) is 24.3 Å². The average molecular weight is 425 g/mol. The topological polar surface area (TPSA) is 128 Å². The maximum Gasteiger partial charge on any atom is 0.340 e. The number of amides is 1. The van der Waals surface area contributed by atoms with Crippen molar-refractivity contribution in [2.75, 3.05) is 11.9 Å². The normalized spacial score (nSPS) is 11.0. The number of ether oxygens (including phenoxy) is 1. The van der Waals surface area contributed by atoms with Gasteiger partial charge in [0.15, 0.2) is 6.61 Å². The zero-order chi connectivity index (χ0) is 21.7. The molecule has 0 aliphatic rings. The van der Waals surface area contributed by atoms with Crippen LogP contribution in [-0.2, 0) is 19.6 Å². The van der Waals surface area contributed by atoms with Crippen LogP contribution in [0.5, 0.6) is 0 Å². The molecule has 0 atom stereocenters. The SMILES string of the molecule is Cc1nc(-c2ccccc2)ccc1C(=O)OCC(=O)Nc1ccc(S(N)(=O)=O)cc1. The Bertz CT molecular complexity index is 1180. The molecule has 154 valence electrons. The van der Waals surface area contributed by atoms with Gasteiger partial charge in [0.2, 0.25) is 10.0 Å². The summed E-state index contributed by atoms with van der Waals surface area (Å²) in [6.07, 6.45) is 0. The molecule has 3 aromatic rings. The highest BCUT2D eigenvalue weighted by molar-refractivity contribution is 7.89. The maximum absolute atomic E-state index is 12.3. The molecule has 0 spiro atoms. The molecular formula is C21H19N3O5S. The number of carbonyl (C=O) groups excluding carboxylic acids is 2. The highest BCUT2D eigenvalue weighted by Gasteiger charge is 2.15. The first-order valence-electron chi connectivity index (χ1n) is 8.87. The average Bonchev–Trinajstić information content (AvgIpc) is 2.72. The summed E-state index contributed by atoms with van der Waals surface area (Å²) in [6, 6.07) is 18.2. The molecule has 0 radical (unpaired) electrons. The number of aryl methyl sites for hydroxylation is 1.